The van der Waals surface area contributed by atoms with Gasteiger partial charge in [-0.3, -0.25) is 14.4 Å². The highest BCUT2D eigenvalue weighted by atomic mass is 16.5. The number of methoxy groups -OCH3 is 1. The van der Waals surface area contributed by atoms with Crippen LogP contribution in [0.25, 0.3) is 0 Å². The second kappa shape index (κ2) is 8.12. The molecule has 28 heavy (non-hydrogen) atoms. The molecule has 146 valence electrons. The first kappa shape index (κ1) is 19.4. The highest BCUT2D eigenvalue weighted by molar-refractivity contribution is 6.03. The predicted octanol–water partition coefficient (Wildman–Crippen LogP) is 2.39. The first-order valence-electron chi connectivity index (χ1n) is 8.96. The molecule has 0 saturated carbocycles. The maximum Gasteiger partial charge on any atom is 0.253 e. The Morgan fingerprint density at radius 2 is 1.71 bits per heavy atom. The van der Waals surface area contributed by atoms with Crippen molar-refractivity contribution >= 4 is 29.1 Å². The predicted molar refractivity (Wildman–Crippen MR) is 107 cm³/mol. The minimum Gasteiger partial charge on any atom is -0.497 e. The Kier molecular flexibility index (Phi) is 5.63. The van der Waals surface area contributed by atoms with Gasteiger partial charge in [0.1, 0.15) is 5.75 Å². The van der Waals surface area contributed by atoms with Crippen LogP contribution in [0, 0.1) is 5.92 Å². The summed E-state index contributed by atoms with van der Waals surface area (Å²) in [7, 11) is 4.95. The van der Waals surface area contributed by atoms with Crippen molar-refractivity contribution in [3.05, 3.63) is 54.1 Å². The molecule has 3 amide bonds. The fraction of sp³-hybridized carbons (Fsp3) is 0.286. The highest BCUT2D eigenvalue weighted by Crippen LogP contribution is 2.27. The normalized spacial score (nSPS) is 16.0. The van der Waals surface area contributed by atoms with E-state index in [2.05, 4.69) is 5.32 Å². The summed E-state index contributed by atoms with van der Waals surface area (Å²) in [5.74, 6) is -0.124. The van der Waals surface area contributed by atoms with Crippen LogP contribution in [0.1, 0.15) is 16.8 Å². The third kappa shape index (κ3) is 4.14. The van der Waals surface area contributed by atoms with Gasteiger partial charge in [0.05, 0.1) is 13.0 Å². The summed E-state index contributed by atoms with van der Waals surface area (Å²) in [6, 6.07) is 13.9. The first-order chi connectivity index (χ1) is 13.4. The fourth-order valence-corrected chi connectivity index (χ4v) is 3.09. The number of carbonyl (C=O) groups is 3. The topological polar surface area (TPSA) is 79.0 Å². The maximum absolute atomic E-state index is 12.6. The van der Waals surface area contributed by atoms with E-state index in [0.717, 1.165) is 5.69 Å². The van der Waals surface area contributed by atoms with Crippen molar-refractivity contribution in [1.82, 2.24) is 4.90 Å². The van der Waals surface area contributed by atoms with Crippen LogP contribution < -0.4 is 15.0 Å². The maximum atomic E-state index is 12.6. The number of rotatable bonds is 5. The quantitative estimate of drug-likeness (QED) is 0.863. The molecule has 1 N–H and O–H groups in total. The molecule has 7 nitrogen and oxygen atoms in total. The van der Waals surface area contributed by atoms with Gasteiger partial charge in [0.2, 0.25) is 11.8 Å². The van der Waals surface area contributed by atoms with E-state index in [0.29, 0.717) is 23.5 Å². The van der Waals surface area contributed by atoms with Crippen molar-refractivity contribution in [1.29, 1.82) is 0 Å². The van der Waals surface area contributed by atoms with E-state index < -0.39 is 5.92 Å². The van der Waals surface area contributed by atoms with Crippen molar-refractivity contribution in [3.63, 3.8) is 0 Å². The first-order valence-corrected chi connectivity index (χ1v) is 8.96. The van der Waals surface area contributed by atoms with E-state index in [1.54, 1.807) is 74.6 Å². The fourth-order valence-electron chi connectivity index (χ4n) is 3.09. The van der Waals surface area contributed by atoms with Gasteiger partial charge in [0.15, 0.2) is 0 Å². The van der Waals surface area contributed by atoms with E-state index in [-0.39, 0.29) is 24.1 Å². The summed E-state index contributed by atoms with van der Waals surface area (Å²) in [6.45, 7) is 0.328. The Bertz CT molecular complexity index is 876. The Hall–Kier alpha value is -3.35. The molecule has 7 heteroatoms. The number of benzene rings is 2. The molecule has 0 bridgehead atoms. The number of anilines is 2. The molecule has 0 aliphatic carbocycles. The van der Waals surface area contributed by atoms with Gasteiger partial charge in [0.25, 0.3) is 5.91 Å². The summed E-state index contributed by atoms with van der Waals surface area (Å²) in [5, 5.41) is 2.83. The molecule has 1 atom stereocenters. The van der Waals surface area contributed by atoms with Crippen LogP contribution >= 0.6 is 0 Å². The lowest BCUT2D eigenvalue weighted by molar-refractivity contribution is -0.122. The lowest BCUT2D eigenvalue weighted by atomic mass is 10.1. The third-order valence-corrected chi connectivity index (χ3v) is 4.69. The molecule has 1 unspecified atom stereocenters. The van der Waals surface area contributed by atoms with Gasteiger partial charge in [-0.2, -0.15) is 0 Å². The summed E-state index contributed by atoms with van der Waals surface area (Å²) < 4.78 is 5.13. The van der Waals surface area contributed by atoms with Crippen molar-refractivity contribution in [2.75, 3.05) is 38.0 Å². The van der Waals surface area contributed by atoms with Gasteiger partial charge in [-0.25, -0.2) is 0 Å². The zero-order valence-corrected chi connectivity index (χ0v) is 16.1. The van der Waals surface area contributed by atoms with E-state index >= 15 is 0 Å². The monoisotopic (exact) mass is 381 g/mol. The average Bonchev–Trinajstić information content (AvgIpc) is 3.10. The van der Waals surface area contributed by atoms with Crippen molar-refractivity contribution in [2.45, 2.75) is 6.42 Å². The number of ether oxygens (including phenoxy) is 1. The van der Waals surface area contributed by atoms with Crippen LogP contribution in [-0.4, -0.2) is 50.4 Å². The van der Waals surface area contributed by atoms with Crippen LogP contribution in [0.15, 0.2) is 48.5 Å². The molecule has 1 heterocycles. The molecule has 2 aromatic rings. The Labute approximate surface area is 163 Å². The smallest absolute Gasteiger partial charge is 0.253 e. The second-order valence-corrected chi connectivity index (χ2v) is 6.87. The number of hydrogen-bond acceptors (Lipinski definition) is 4. The number of carbonyl (C=O) groups excluding carboxylic acids is 3. The van der Waals surface area contributed by atoms with Crippen LogP contribution in [0.5, 0.6) is 5.75 Å². The van der Waals surface area contributed by atoms with Gasteiger partial charge >= 0.3 is 0 Å². The number of amides is 3. The van der Waals surface area contributed by atoms with Crippen molar-refractivity contribution < 1.29 is 19.1 Å². The molecule has 1 aliphatic rings. The Morgan fingerprint density at radius 3 is 2.29 bits per heavy atom. The molecule has 0 spiro atoms. The molecule has 1 aliphatic heterocycles. The Balaban J connectivity index is 1.63. The summed E-state index contributed by atoms with van der Waals surface area (Å²) in [4.78, 5) is 40.0. The second-order valence-electron chi connectivity index (χ2n) is 6.87. The van der Waals surface area contributed by atoms with Gasteiger partial charge in [-0.1, -0.05) is 0 Å². The van der Waals surface area contributed by atoms with Gasteiger partial charge in [-0.15, -0.1) is 0 Å². The van der Waals surface area contributed by atoms with Crippen LogP contribution in [0.4, 0.5) is 11.4 Å². The zero-order chi connectivity index (χ0) is 20.3. The number of hydrogen-bond donors (Lipinski definition) is 1. The van der Waals surface area contributed by atoms with Crippen LogP contribution in [0.2, 0.25) is 0 Å². The number of nitrogens with one attached hydrogen (secondary N) is 1. The summed E-state index contributed by atoms with van der Waals surface area (Å²) in [5.41, 5.74) is 1.88. The molecule has 3 rings (SSSR count). The summed E-state index contributed by atoms with van der Waals surface area (Å²) >= 11 is 0. The van der Waals surface area contributed by atoms with E-state index in [4.69, 9.17) is 4.74 Å². The van der Waals surface area contributed by atoms with Crippen molar-refractivity contribution in [2.24, 2.45) is 5.92 Å². The van der Waals surface area contributed by atoms with E-state index in [9.17, 15) is 14.4 Å². The molecule has 0 radical (unpaired) electrons. The molecule has 0 aromatic heterocycles. The minimum absolute atomic E-state index is 0.0859. The lowest BCUT2D eigenvalue weighted by Gasteiger charge is -2.17. The number of nitrogens with zero attached hydrogens (tertiary/aromatic N) is 2. The molecule has 2 aromatic carbocycles. The van der Waals surface area contributed by atoms with Crippen LogP contribution in [0.3, 0.4) is 0 Å². The highest BCUT2D eigenvalue weighted by Gasteiger charge is 2.35. The molecular formula is C21H23N3O4. The molecule has 1 saturated heterocycles. The lowest BCUT2D eigenvalue weighted by Crippen LogP contribution is -2.28. The van der Waals surface area contributed by atoms with E-state index in [1.807, 2.05) is 0 Å². The molecular weight excluding hydrogens is 358 g/mol. The largest absolute Gasteiger partial charge is 0.497 e. The third-order valence-electron chi connectivity index (χ3n) is 4.69. The Morgan fingerprint density at radius 1 is 1.07 bits per heavy atom. The van der Waals surface area contributed by atoms with Gasteiger partial charge < -0.3 is 19.9 Å². The minimum atomic E-state index is -0.433. The molecule has 1 fully saturated rings. The SMILES string of the molecule is COc1ccc(N2CC(C(=O)Nc3ccc(C(=O)N(C)C)cc3)CC2=O)cc1. The standard InChI is InChI=1S/C21H23N3O4/c1-23(2)21(27)14-4-6-16(7-5-14)22-20(26)15-12-19(25)24(13-15)17-8-10-18(28-3)11-9-17/h4-11,15H,12-13H2,1-3H3,(H,22,26). The van der Waals surface area contributed by atoms with Crippen LogP contribution in [-0.2, 0) is 9.59 Å². The van der Waals surface area contributed by atoms with Crippen molar-refractivity contribution in [3.8, 4) is 5.75 Å². The van der Waals surface area contributed by atoms with Gasteiger partial charge in [-0.05, 0) is 48.5 Å². The zero-order valence-electron chi connectivity index (χ0n) is 16.1. The van der Waals surface area contributed by atoms with E-state index in [1.165, 1.54) is 4.90 Å². The average molecular weight is 381 g/mol. The van der Waals surface area contributed by atoms with Gasteiger partial charge in [0, 0.05) is 44.0 Å². The summed E-state index contributed by atoms with van der Waals surface area (Å²) in [6.07, 6.45) is 0.162.